The molecule has 1 saturated heterocycles. The second-order valence-corrected chi connectivity index (χ2v) is 10.3. The van der Waals surface area contributed by atoms with E-state index in [0.29, 0.717) is 38.8 Å². The van der Waals surface area contributed by atoms with Crippen LogP contribution in [-0.4, -0.2) is 92.0 Å². The van der Waals surface area contributed by atoms with Crippen LogP contribution < -0.4 is 9.64 Å². The van der Waals surface area contributed by atoms with Crippen molar-refractivity contribution in [3.05, 3.63) is 41.0 Å². The van der Waals surface area contributed by atoms with Gasteiger partial charge in [-0.15, -0.1) is 0 Å². The number of hydrogen-bond donors (Lipinski definition) is 1. The Hall–Kier alpha value is -4.69. The highest BCUT2D eigenvalue weighted by Crippen LogP contribution is 2.38. The quantitative estimate of drug-likeness (QED) is 0.208. The topological polar surface area (TPSA) is 173 Å². The lowest BCUT2D eigenvalue weighted by atomic mass is 9.98. The van der Waals surface area contributed by atoms with Crippen LogP contribution in [0.5, 0.6) is 5.88 Å². The van der Waals surface area contributed by atoms with Gasteiger partial charge in [-0.1, -0.05) is 11.6 Å². The van der Waals surface area contributed by atoms with E-state index in [2.05, 4.69) is 9.97 Å². The number of benzene rings is 1. The van der Waals surface area contributed by atoms with Crippen molar-refractivity contribution in [2.24, 2.45) is 0 Å². The molecule has 44 heavy (non-hydrogen) atoms. The van der Waals surface area contributed by atoms with Crippen LogP contribution in [0, 0.1) is 0 Å². The minimum absolute atomic E-state index is 0.0359. The zero-order valence-corrected chi connectivity index (χ0v) is 25.4. The number of methoxy groups -OCH3 is 1. The SMILES string of the molecule is COc1nc(N(C)C)ccc1-c1cc2c(C(=O)O[C@@H]3O[C@H](C=O)[C@@H](OC(C)=O)[C@H](OC(C)=O)[C@H]3OC(C)=O)c[nH]c2cc1Cl. The summed E-state index contributed by atoms with van der Waals surface area (Å²) in [5.41, 5.74) is 1.59. The Morgan fingerprint density at radius 3 is 2.16 bits per heavy atom. The summed E-state index contributed by atoms with van der Waals surface area (Å²) < 4.78 is 32.5. The summed E-state index contributed by atoms with van der Waals surface area (Å²) in [5, 5.41) is 0.742. The van der Waals surface area contributed by atoms with Gasteiger partial charge in [0.05, 0.1) is 17.7 Å². The molecule has 14 nitrogen and oxygen atoms in total. The summed E-state index contributed by atoms with van der Waals surface area (Å²) in [6.45, 7) is 3.20. The van der Waals surface area contributed by atoms with Crippen LogP contribution in [0.15, 0.2) is 30.5 Å². The molecule has 1 aliphatic rings. The van der Waals surface area contributed by atoms with Gasteiger partial charge in [0.2, 0.25) is 18.3 Å². The minimum Gasteiger partial charge on any atom is -0.480 e. The Morgan fingerprint density at radius 1 is 0.932 bits per heavy atom. The Kier molecular flexibility index (Phi) is 9.75. The molecule has 234 valence electrons. The summed E-state index contributed by atoms with van der Waals surface area (Å²) in [5.74, 6) is -2.51. The van der Waals surface area contributed by atoms with Gasteiger partial charge in [-0.05, 0) is 24.3 Å². The van der Waals surface area contributed by atoms with Crippen LogP contribution in [0.4, 0.5) is 5.82 Å². The van der Waals surface area contributed by atoms with E-state index < -0.39 is 54.6 Å². The number of hydrogen-bond acceptors (Lipinski definition) is 13. The molecule has 1 aliphatic heterocycles. The highest BCUT2D eigenvalue weighted by molar-refractivity contribution is 6.34. The lowest BCUT2D eigenvalue weighted by molar-refractivity contribution is -0.282. The first-order valence-corrected chi connectivity index (χ1v) is 13.6. The van der Waals surface area contributed by atoms with Crippen molar-refractivity contribution in [1.29, 1.82) is 0 Å². The zero-order valence-electron chi connectivity index (χ0n) is 24.6. The molecule has 1 aromatic carbocycles. The van der Waals surface area contributed by atoms with Gasteiger partial charge in [0.15, 0.2) is 24.6 Å². The molecular weight excluding hydrogens is 602 g/mol. The van der Waals surface area contributed by atoms with Crippen molar-refractivity contribution >= 4 is 58.5 Å². The molecule has 1 N–H and O–H groups in total. The highest BCUT2D eigenvalue weighted by atomic mass is 35.5. The summed E-state index contributed by atoms with van der Waals surface area (Å²) in [4.78, 5) is 70.4. The second-order valence-electron chi connectivity index (χ2n) is 9.93. The molecule has 0 aliphatic carbocycles. The number of H-pyrrole nitrogens is 1. The van der Waals surface area contributed by atoms with Crippen molar-refractivity contribution in [2.45, 2.75) is 51.5 Å². The molecule has 0 spiro atoms. The molecule has 0 unspecified atom stereocenters. The van der Waals surface area contributed by atoms with Gasteiger partial charge in [-0.25, -0.2) is 4.79 Å². The molecule has 0 radical (unpaired) electrons. The standard InChI is InChI=1S/C29H30ClN3O11/c1-13(35)40-24-22(12-34)43-29(26(42-15(3)37)25(24)41-14(2)36)44-28(38)19-11-31-21-10-20(30)17(9-18(19)21)16-7-8-23(33(4)5)32-27(16)39-6/h7-12,22,24-26,29,31H,1-6H3/t22-,24-,25+,26-,29+/m1/s1. The molecule has 15 heteroatoms. The number of anilines is 1. The number of rotatable bonds is 9. The fourth-order valence-corrected chi connectivity index (χ4v) is 5.00. The number of aromatic amines is 1. The lowest BCUT2D eigenvalue weighted by Crippen LogP contribution is -2.62. The zero-order chi connectivity index (χ0) is 32.3. The smallest absolute Gasteiger partial charge is 0.342 e. The lowest BCUT2D eigenvalue weighted by Gasteiger charge is -2.42. The molecular formula is C29H30ClN3O11. The third kappa shape index (κ3) is 6.76. The van der Waals surface area contributed by atoms with Crippen LogP contribution in [0.2, 0.25) is 5.02 Å². The van der Waals surface area contributed by atoms with E-state index >= 15 is 0 Å². The maximum Gasteiger partial charge on any atom is 0.342 e. The van der Waals surface area contributed by atoms with E-state index in [-0.39, 0.29) is 11.8 Å². The van der Waals surface area contributed by atoms with Gasteiger partial charge < -0.3 is 43.1 Å². The molecule has 0 saturated carbocycles. The predicted molar refractivity (Wildman–Crippen MR) is 154 cm³/mol. The monoisotopic (exact) mass is 631 g/mol. The number of aldehydes is 1. The number of ether oxygens (including phenoxy) is 6. The van der Waals surface area contributed by atoms with E-state index in [1.165, 1.54) is 13.3 Å². The second kappa shape index (κ2) is 13.3. The molecule has 0 amide bonds. The van der Waals surface area contributed by atoms with Gasteiger partial charge in [-0.2, -0.15) is 4.98 Å². The molecule has 4 rings (SSSR count). The number of carbonyl (C=O) groups is 5. The minimum atomic E-state index is -1.74. The van der Waals surface area contributed by atoms with Gasteiger partial charge >= 0.3 is 23.9 Å². The van der Waals surface area contributed by atoms with Crippen molar-refractivity contribution in [2.75, 3.05) is 26.1 Å². The van der Waals surface area contributed by atoms with Gasteiger partial charge in [0.1, 0.15) is 5.82 Å². The Balaban J connectivity index is 1.73. The number of esters is 4. The molecule has 1 fully saturated rings. The fourth-order valence-electron chi connectivity index (χ4n) is 4.74. The van der Waals surface area contributed by atoms with Gasteiger partial charge in [0.25, 0.3) is 0 Å². The largest absolute Gasteiger partial charge is 0.480 e. The van der Waals surface area contributed by atoms with E-state index in [9.17, 15) is 24.0 Å². The van der Waals surface area contributed by atoms with Crippen LogP contribution in [0.1, 0.15) is 31.1 Å². The van der Waals surface area contributed by atoms with Crippen molar-refractivity contribution in [3.8, 4) is 17.0 Å². The number of carbonyl (C=O) groups excluding carboxylic acids is 5. The number of halogens is 1. The molecule has 5 atom stereocenters. The number of nitrogens with zero attached hydrogens (tertiary/aromatic N) is 2. The molecule has 3 heterocycles. The number of nitrogens with one attached hydrogen (secondary N) is 1. The van der Waals surface area contributed by atoms with E-state index in [1.54, 1.807) is 24.3 Å². The molecule has 0 bridgehead atoms. The van der Waals surface area contributed by atoms with Crippen molar-refractivity contribution in [3.63, 3.8) is 0 Å². The summed E-state index contributed by atoms with van der Waals surface area (Å²) in [6, 6.07) is 6.83. The number of pyridine rings is 1. The highest BCUT2D eigenvalue weighted by Gasteiger charge is 2.53. The Labute approximate surface area is 256 Å². The Morgan fingerprint density at radius 2 is 1.57 bits per heavy atom. The predicted octanol–water partition coefficient (Wildman–Crippen LogP) is 2.83. The first kappa shape index (κ1) is 32.2. The van der Waals surface area contributed by atoms with E-state index in [0.717, 1.165) is 20.8 Å². The van der Waals surface area contributed by atoms with Crippen molar-refractivity contribution in [1.82, 2.24) is 9.97 Å². The fraction of sp³-hybridized carbons (Fsp3) is 0.379. The molecule has 3 aromatic rings. The normalized spacial score (nSPS) is 21.2. The first-order valence-electron chi connectivity index (χ1n) is 13.2. The van der Waals surface area contributed by atoms with Crippen LogP contribution in [-0.2, 0) is 42.9 Å². The summed E-state index contributed by atoms with van der Waals surface area (Å²) >= 11 is 6.61. The maximum atomic E-state index is 13.6. The number of aromatic nitrogens is 2. The summed E-state index contributed by atoms with van der Waals surface area (Å²) in [7, 11) is 5.15. The average Bonchev–Trinajstić information content (AvgIpc) is 3.37. The van der Waals surface area contributed by atoms with E-state index in [1.807, 2.05) is 19.0 Å². The third-order valence-electron chi connectivity index (χ3n) is 6.57. The van der Waals surface area contributed by atoms with Gasteiger partial charge in [-0.3, -0.25) is 14.4 Å². The summed E-state index contributed by atoms with van der Waals surface area (Å²) in [6.07, 6.45) is -6.24. The third-order valence-corrected chi connectivity index (χ3v) is 6.88. The van der Waals surface area contributed by atoms with Crippen molar-refractivity contribution < 1.29 is 52.4 Å². The Bertz CT molecular complexity index is 1600. The average molecular weight is 632 g/mol. The molecule has 2 aromatic heterocycles. The van der Waals surface area contributed by atoms with E-state index in [4.69, 9.17) is 40.0 Å². The van der Waals surface area contributed by atoms with Crippen LogP contribution in [0.3, 0.4) is 0 Å². The first-order chi connectivity index (χ1) is 20.8. The van der Waals surface area contributed by atoms with Gasteiger partial charge in [0, 0.05) is 63.1 Å². The maximum absolute atomic E-state index is 13.6. The van der Waals surface area contributed by atoms with Crippen LogP contribution >= 0.6 is 11.6 Å². The van der Waals surface area contributed by atoms with Crippen LogP contribution in [0.25, 0.3) is 22.0 Å². The number of fused-ring (bicyclic) bond motifs is 1.